The number of halogens is 1. The Labute approximate surface area is 205 Å². The summed E-state index contributed by atoms with van der Waals surface area (Å²) in [6.45, 7) is 5.51. The first-order valence-corrected chi connectivity index (χ1v) is 11.8. The zero-order valence-corrected chi connectivity index (χ0v) is 20.7. The van der Waals surface area contributed by atoms with Gasteiger partial charge in [0.05, 0.1) is 26.4 Å². The minimum Gasteiger partial charge on any atom is -0.510 e. The van der Waals surface area contributed by atoms with Crippen molar-refractivity contribution in [2.24, 2.45) is 5.92 Å². The van der Waals surface area contributed by atoms with Gasteiger partial charge in [0.1, 0.15) is 35.3 Å². The second-order valence-corrected chi connectivity index (χ2v) is 9.43. The van der Waals surface area contributed by atoms with Crippen LogP contribution in [0.3, 0.4) is 0 Å². The fourth-order valence-corrected chi connectivity index (χ4v) is 5.27. The van der Waals surface area contributed by atoms with Crippen LogP contribution >= 0.6 is 0 Å². The second kappa shape index (κ2) is 10.0. The summed E-state index contributed by atoms with van der Waals surface area (Å²) in [6, 6.07) is 8.03. The van der Waals surface area contributed by atoms with Crippen LogP contribution in [0.5, 0.6) is 11.5 Å². The van der Waals surface area contributed by atoms with Gasteiger partial charge in [-0.25, -0.2) is 4.39 Å². The van der Waals surface area contributed by atoms with Crippen LogP contribution < -0.4 is 9.47 Å². The third-order valence-electron chi connectivity index (χ3n) is 6.82. The number of rotatable bonds is 6. The number of fused-ring (bicyclic) bond motifs is 1. The fraction of sp³-hybridized carbons (Fsp3) is 0.429. The first kappa shape index (κ1) is 25.2. The standard InChI is InChI=1S/C28H33FO6/c1-14(30)10-18-12-21(31)27(32)16(3)24(18)25-20-11-15(2)35-28(17-6-8-19(29)9-7-17)26(20)23(34-5)13-22(25)33-4/h6-9,12-16,27-28,30-32H,10-11H2,1-5H3/t14-,15+,16?,27?,28-/m0/s1. The lowest BCUT2D eigenvalue weighted by atomic mass is 9.75. The van der Waals surface area contributed by atoms with Gasteiger partial charge in [0.25, 0.3) is 0 Å². The third-order valence-corrected chi connectivity index (χ3v) is 6.82. The van der Waals surface area contributed by atoms with Crippen LogP contribution in [-0.2, 0) is 11.2 Å². The second-order valence-electron chi connectivity index (χ2n) is 9.43. The molecule has 1 aliphatic heterocycles. The molecule has 3 N–H and O–H groups in total. The smallest absolute Gasteiger partial charge is 0.130 e. The number of aliphatic hydroxyl groups is 3. The molecule has 7 heteroatoms. The Balaban J connectivity index is 2.05. The molecular formula is C28H33FO6. The Kier molecular flexibility index (Phi) is 7.22. The van der Waals surface area contributed by atoms with Crippen molar-refractivity contribution in [3.63, 3.8) is 0 Å². The van der Waals surface area contributed by atoms with Crippen molar-refractivity contribution in [3.8, 4) is 11.5 Å². The van der Waals surface area contributed by atoms with Crippen molar-refractivity contribution >= 4 is 5.57 Å². The molecule has 5 atom stereocenters. The van der Waals surface area contributed by atoms with Gasteiger partial charge in [-0.05, 0) is 67.2 Å². The Morgan fingerprint density at radius 1 is 1.11 bits per heavy atom. The molecule has 1 aliphatic carbocycles. The van der Waals surface area contributed by atoms with Crippen LogP contribution in [0, 0.1) is 11.7 Å². The summed E-state index contributed by atoms with van der Waals surface area (Å²) in [4.78, 5) is 0. The maximum Gasteiger partial charge on any atom is 0.130 e. The van der Waals surface area contributed by atoms with Crippen LogP contribution in [0.2, 0.25) is 0 Å². The average Bonchev–Trinajstić information content (AvgIpc) is 2.82. The molecule has 0 saturated carbocycles. The molecule has 0 saturated heterocycles. The largest absolute Gasteiger partial charge is 0.510 e. The molecule has 0 radical (unpaired) electrons. The molecule has 1 heterocycles. The van der Waals surface area contributed by atoms with Crippen LogP contribution in [0.25, 0.3) is 5.57 Å². The van der Waals surface area contributed by atoms with Gasteiger partial charge in [-0.1, -0.05) is 19.1 Å². The predicted octanol–water partition coefficient (Wildman–Crippen LogP) is 4.87. The molecular weight excluding hydrogens is 451 g/mol. The van der Waals surface area contributed by atoms with E-state index in [2.05, 4.69) is 0 Å². The Morgan fingerprint density at radius 2 is 1.77 bits per heavy atom. The number of aliphatic hydroxyl groups excluding tert-OH is 3. The molecule has 0 spiro atoms. The molecule has 0 aromatic heterocycles. The van der Waals surface area contributed by atoms with Crippen LogP contribution in [0.4, 0.5) is 4.39 Å². The van der Waals surface area contributed by atoms with Crippen molar-refractivity contribution < 1.29 is 33.9 Å². The molecule has 188 valence electrons. The quantitative estimate of drug-likeness (QED) is 0.542. The topological polar surface area (TPSA) is 88.4 Å². The van der Waals surface area contributed by atoms with Gasteiger partial charge in [0.2, 0.25) is 0 Å². The molecule has 2 aromatic rings. The summed E-state index contributed by atoms with van der Waals surface area (Å²) in [5.74, 6) is 0.243. The molecule has 6 nitrogen and oxygen atoms in total. The number of hydrogen-bond acceptors (Lipinski definition) is 6. The number of allylic oxidation sites excluding steroid dienone is 1. The van der Waals surface area contributed by atoms with E-state index in [1.54, 1.807) is 45.4 Å². The van der Waals surface area contributed by atoms with Gasteiger partial charge in [0, 0.05) is 23.1 Å². The summed E-state index contributed by atoms with van der Waals surface area (Å²) < 4.78 is 31.6. The normalized spacial score (nSPS) is 25.1. The minimum atomic E-state index is -1.09. The summed E-state index contributed by atoms with van der Waals surface area (Å²) >= 11 is 0. The van der Waals surface area contributed by atoms with E-state index >= 15 is 0 Å². The molecule has 2 aromatic carbocycles. The van der Waals surface area contributed by atoms with Crippen molar-refractivity contribution in [2.75, 3.05) is 14.2 Å². The zero-order chi connectivity index (χ0) is 25.4. The summed E-state index contributed by atoms with van der Waals surface area (Å²) in [5, 5.41) is 31.4. The van der Waals surface area contributed by atoms with E-state index in [-0.39, 0.29) is 17.7 Å². The molecule has 35 heavy (non-hydrogen) atoms. The highest BCUT2D eigenvalue weighted by atomic mass is 19.1. The van der Waals surface area contributed by atoms with Crippen LogP contribution in [-0.4, -0.2) is 47.9 Å². The third kappa shape index (κ3) is 4.68. The number of hydrogen-bond donors (Lipinski definition) is 3. The SMILES string of the molecule is COc1cc(OC)c2c(c1C1=C(C[C@H](C)O)C=C(O)C(O)C1C)C[C@@H](C)O[C@H]2c1ccc(F)cc1. The van der Waals surface area contributed by atoms with E-state index < -0.39 is 24.2 Å². The molecule has 2 aliphatic rings. The van der Waals surface area contributed by atoms with Gasteiger partial charge in [-0.3, -0.25) is 0 Å². The van der Waals surface area contributed by atoms with Crippen molar-refractivity contribution in [1.82, 2.24) is 0 Å². The van der Waals surface area contributed by atoms with Gasteiger partial charge >= 0.3 is 0 Å². The number of benzene rings is 2. The Hall–Kier alpha value is -2.87. The van der Waals surface area contributed by atoms with Gasteiger partial charge in [-0.2, -0.15) is 0 Å². The minimum absolute atomic E-state index is 0.126. The predicted molar refractivity (Wildman–Crippen MR) is 131 cm³/mol. The summed E-state index contributed by atoms with van der Waals surface area (Å²) in [6.07, 6.45) is -0.00288. The average molecular weight is 485 g/mol. The number of methoxy groups -OCH3 is 2. The molecule has 0 fully saturated rings. The highest BCUT2D eigenvalue weighted by molar-refractivity contribution is 5.82. The lowest BCUT2D eigenvalue weighted by Crippen LogP contribution is -2.30. The monoisotopic (exact) mass is 484 g/mol. The highest BCUT2D eigenvalue weighted by Gasteiger charge is 2.38. The van der Waals surface area contributed by atoms with Gasteiger partial charge in [0.15, 0.2) is 0 Å². The Morgan fingerprint density at radius 3 is 2.37 bits per heavy atom. The first-order chi connectivity index (χ1) is 16.7. The molecule has 0 amide bonds. The maximum absolute atomic E-state index is 13.7. The van der Waals surface area contributed by atoms with E-state index in [1.807, 2.05) is 13.8 Å². The fourth-order valence-electron chi connectivity index (χ4n) is 5.27. The lowest BCUT2D eigenvalue weighted by Gasteiger charge is -2.37. The van der Waals surface area contributed by atoms with Crippen LogP contribution in [0.15, 0.2) is 47.7 Å². The van der Waals surface area contributed by atoms with Crippen molar-refractivity contribution in [2.45, 2.75) is 58.0 Å². The summed E-state index contributed by atoms with van der Waals surface area (Å²) in [5.41, 5.74) is 4.90. The van der Waals surface area contributed by atoms with Crippen LogP contribution in [0.1, 0.15) is 55.5 Å². The van der Waals surface area contributed by atoms with Gasteiger partial charge < -0.3 is 29.5 Å². The highest BCUT2D eigenvalue weighted by Crippen LogP contribution is 2.50. The number of ether oxygens (including phenoxy) is 3. The van der Waals surface area contributed by atoms with Gasteiger partial charge in [-0.15, -0.1) is 0 Å². The first-order valence-electron chi connectivity index (χ1n) is 11.8. The maximum atomic E-state index is 13.7. The molecule has 4 rings (SSSR count). The molecule has 2 unspecified atom stereocenters. The molecule has 0 bridgehead atoms. The summed E-state index contributed by atoms with van der Waals surface area (Å²) in [7, 11) is 3.16. The zero-order valence-electron chi connectivity index (χ0n) is 20.7. The van der Waals surface area contributed by atoms with E-state index in [4.69, 9.17) is 14.2 Å². The van der Waals surface area contributed by atoms with Crippen molar-refractivity contribution in [1.29, 1.82) is 0 Å². The Bertz CT molecular complexity index is 1150. The van der Waals surface area contributed by atoms with E-state index in [0.29, 0.717) is 24.3 Å². The van der Waals surface area contributed by atoms with E-state index in [9.17, 15) is 19.7 Å². The van der Waals surface area contributed by atoms with E-state index in [1.165, 1.54) is 12.1 Å². The van der Waals surface area contributed by atoms with Crippen molar-refractivity contribution in [3.05, 3.63) is 75.8 Å². The van der Waals surface area contributed by atoms with E-state index in [0.717, 1.165) is 33.4 Å². The lowest BCUT2D eigenvalue weighted by molar-refractivity contribution is 0.00567.